The number of rotatable bonds is 3. The van der Waals surface area contributed by atoms with Crippen LogP contribution < -0.4 is 0 Å². The number of ether oxygens (including phenoxy) is 1. The van der Waals surface area contributed by atoms with Gasteiger partial charge >= 0.3 is 5.97 Å². The molecule has 0 spiro atoms. The van der Waals surface area contributed by atoms with Crippen LogP contribution in [0.2, 0.25) is 5.02 Å². The molecule has 1 aromatic rings. The molecular formula is C13H13ClN2O2S. The Morgan fingerprint density at radius 1 is 1.47 bits per heavy atom. The third-order valence-electron chi connectivity index (χ3n) is 2.43. The predicted octanol–water partition coefficient (Wildman–Crippen LogP) is 3.47. The zero-order valence-electron chi connectivity index (χ0n) is 10.6. The molecule has 1 aromatic carbocycles. The van der Waals surface area contributed by atoms with Gasteiger partial charge in [0.05, 0.1) is 12.3 Å². The predicted molar refractivity (Wildman–Crippen MR) is 79.7 cm³/mol. The largest absolute Gasteiger partial charge is 0.465 e. The zero-order chi connectivity index (χ0) is 13.8. The second-order valence-corrected chi connectivity index (χ2v) is 5.38. The minimum Gasteiger partial charge on any atom is -0.465 e. The molecule has 2 rings (SSSR count). The van der Waals surface area contributed by atoms with Crippen molar-refractivity contribution < 1.29 is 9.53 Å². The summed E-state index contributed by atoms with van der Waals surface area (Å²) in [5, 5.41) is 0.844. The standard InChI is InChI=1S/C13H13ClN2O2S/c1-3-18-12(17)11-8(2)15-13(19-11)16-10-6-4-9(14)5-7-10/h4-7,11H,3H2,1-2H3. The van der Waals surface area contributed by atoms with Crippen molar-refractivity contribution in [1.29, 1.82) is 0 Å². The van der Waals surface area contributed by atoms with Crippen LogP contribution in [0.25, 0.3) is 0 Å². The Bertz CT molecular complexity index is 540. The van der Waals surface area contributed by atoms with E-state index in [4.69, 9.17) is 16.3 Å². The Labute approximate surface area is 120 Å². The molecule has 0 radical (unpaired) electrons. The average Bonchev–Trinajstić information content (AvgIpc) is 2.74. The number of hydrogen-bond donors (Lipinski definition) is 0. The normalized spacial score (nSPS) is 20.5. The SMILES string of the molecule is CCOC(=O)C1SC(=Nc2ccc(Cl)cc2)N=C1C. The minimum absolute atomic E-state index is 0.268. The number of amidine groups is 1. The molecule has 0 saturated heterocycles. The van der Waals surface area contributed by atoms with E-state index in [0.717, 1.165) is 11.4 Å². The summed E-state index contributed by atoms with van der Waals surface area (Å²) in [5.41, 5.74) is 1.48. The lowest BCUT2D eigenvalue weighted by molar-refractivity contribution is -0.141. The van der Waals surface area contributed by atoms with Gasteiger partial charge in [-0.2, -0.15) is 0 Å². The molecule has 6 heteroatoms. The molecule has 0 bridgehead atoms. The molecule has 1 atom stereocenters. The Kier molecular flexibility index (Phi) is 4.61. The number of nitrogens with zero attached hydrogens (tertiary/aromatic N) is 2. The fourth-order valence-corrected chi connectivity index (χ4v) is 2.62. The summed E-state index contributed by atoms with van der Waals surface area (Å²) in [6, 6.07) is 7.14. The van der Waals surface area contributed by atoms with Crippen molar-refractivity contribution in [2.75, 3.05) is 6.61 Å². The first kappa shape index (κ1) is 14.1. The summed E-state index contributed by atoms with van der Waals surface area (Å²) in [6.07, 6.45) is 0. The molecular weight excluding hydrogens is 284 g/mol. The maximum Gasteiger partial charge on any atom is 0.325 e. The lowest BCUT2D eigenvalue weighted by atomic mass is 10.3. The topological polar surface area (TPSA) is 51.0 Å². The van der Waals surface area contributed by atoms with Crippen LogP contribution in [-0.2, 0) is 9.53 Å². The van der Waals surface area contributed by atoms with Crippen LogP contribution in [0.3, 0.4) is 0 Å². The van der Waals surface area contributed by atoms with E-state index >= 15 is 0 Å². The summed E-state index contributed by atoms with van der Waals surface area (Å²) in [5.74, 6) is -0.268. The monoisotopic (exact) mass is 296 g/mol. The van der Waals surface area contributed by atoms with Gasteiger partial charge in [0.15, 0.2) is 5.17 Å². The molecule has 0 saturated carbocycles. The number of esters is 1. The Hall–Kier alpha value is -1.33. The fourth-order valence-electron chi connectivity index (χ4n) is 1.54. The molecule has 0 amide bonds. The van der Waals surface area contributed by atoms with Crippen molar-refractivity contribution in [2.24, 2.45) is 9.98 Å². The molecule has 1 aliphatic rings. The Balaban J connectivity index is 2.12. The van der Waals surface area contributed by atoms with E-state index in [9.17, 15) is 4.79 Å². The number of thioether (sulfide) groups is 1. The van der Waals surface area contributed by atoms with Crippen LogP contribution in [0.5, 0.6) is 0 Å². The van der Waals surface area contributed by atoms with Gasteiger partial charge in [0.25, 0.3) is 0 Å². The van der Waals surface area contributed by atoms with Gasteiger partial charge in [-0.3, -0.25) is 4.79 Å². The molecule has 1 unspecified atom stereocenters. The van der Waals surface area contributed by atoms with Crippen LogP contribution in [0.4, 0.5) is 5.69 Å². The van der Waals surface area contributed by atoms with Crippen LogP contribution in [0.1, 0.15) is 13.8 Å². The van der Waals surface area contributed by atoms with Crippen LogP contribution in [0.15, 0.2) is 34.3 Å². The summed E-state index contributed by atoms with van der Waals surface area (Å²) < 4.78 is 5.00. The first-order valence-corrected chi connectivity index (χ1v) is 7.08. The smallest absolute Gasteiger partial charge is 0.325 e. The first-order valence-electron chi connectivity index (χ1n) is 5.83. The van der Waals surface area contributed by atoms with Crippen molar-refractivity contribution in [3.8, 4) is 0 Å². The van der Waals surface area contributed by atoms with Crippen molar-refractivity contribution in [3.63, 3.8) is 0 Å². The van der Waals surface area contributed by atoms with Crippen molar-refractivity contribution in [1.82, 2.24) is 0 Å². The Morgan fingerprint density at radius 3 is 2.79 bits per heavy atom. The molecule has 0 fully saturated rings. The van der Waals surface area contributed by atoms with Gasteiger partial charge in [-0.05, 0) is 38.1 Å². The highest BCUT2D eigenvalue weighted by Crippen LogP contribution is 2.27. The highest BCUT2D eigenvalue weighted by atomic mass is 35.5. The van der Waals surface area contributed by atoms with E-state index in [2.05, 4.69) is 9.98 Å². The van der Waals surface area contributed by atoms with E-state index in [0.29, 0.717) is 16.8 Å². The highest BCUT2D eigenvalue weighted by Gasteiger charge is 2.31. The maximum absolute atomic E-state index is 11.7. The third-order valence-corrected chi connectivity index (χ3v) is 3.84. The molecule has 1 heterocycles. The molecule has 0 aromatic heterocycles. The van der Waals surface area contributed by atoms with Crippen LogP contribution in [0, 0.1) is 0 Å². The lowest BCUT2D eigenvalue weighted by Crippen LogP contribution is -2.24. The number of carbonyl (C=O) groups is 1. The summed E-state index contributed by atoms with van der Waals surface area (Å²) in [6.45, 7) is 3.96. The second-order valence-electron chi connectivity index (χ2n) is 3.87. The molecule has 4 nitrogen and oxygen atoms in total. The van der Waals surface area contributed by atoms with E-state index in [-0.39, 0.29) is 11.2 Å². The summed E-state index contributed by atoms with van der Waals surface area (Å²) >= 11 is 7.11. The molecule has 19 heavy (non-hydrogen) atoms. The fraction of sp³-hybridized carbons (Fsp3) is 0.308. The van der Waals surface area contributed by atoms with Gasteiger partial charge in [-0.1, -0.05) is 23.4 Å². The number of halogens is 1. The van der Waals surface area contributed by atoms with Gasteiger partial charge in [0, 0.05) is 10.7 Å². The zero-order valence-corrected chi connectivity index (χ0v) is 12.2. The van der Waals surface area contributed by atoms with Crippen molar-refractivity contribution in [2.45, 2.75) is 19.1 Å². The van der Waals surface area contributed by atoms with Gasteiger partial charge in [-0.15, -0.1) is 0 Å². The van der Waals surface area contributed by atoms with Crippen LogP contribution in [-0.4, -0.2) is 28.7 Å². The number of benzene rings is 1. The minimum atomic E-state index is -0.383. The van der Waals surface area contributed by atoms with E-state index < -0.39 is 0 Å². The Morgan fingerprint density at radius 2 is 2.16 bits per heavy atom. The molecule has 1 aliphatic heterocycles. The molecule has 0 N–H and O–H groups in total. The number of hydrogen-bond acceptors (Lipinski definition) is 4. The average molecular weight is 297 g/mol. The quantitative estimate of drug-likeness (QED) is 0.803. The van der Waals surface area contributed by atoms with E-state index in [1.165, 1.54) is 11.8 Å². The third kappa shape index (κ3) is 3.58. The van der Waals surface area contributed by atoms with Gasteiger partial charge in [0.1, 0.15) is 5.25 Å². The first-order chi connectivity index (χ1) is 9.10. The number of carbonyl (C=O) groups excluding carboxylic acids is 1. The van der Waals surface area contributed by atoms with Crippen LogP contribution >= 0.6 is 23.4 Å². The lowest BCUT2D eigenvalue weighted by Gasteiger charge is -2.06. The summed E-state index contributed by atoms with van der Waals surface area (Å²) in [4.78, 5) is 20.4. The van der Waals surface area contributed by atoms with Gasteiger partial charge in [0.2, 0.25) is 0 Å². The van der Waals surface area contributed by atoms with Crippen molar-refractivity contribution >= 4 is 45.9 Å². The van der Waals surface area contributed by atoms with Crippen molar-refractivity contribution in [3.05, 3.63) is 29.3 Å². The highest BCUT2D eigenvalue weighted by molar-refractivity contribution is 8.16. The molecule has 0 aliphatic carbocycles. The van der Waals surface area contributed by atoms with Gasteiger partial charge in [-0.25, -0.2) is 9.98 Å². The van der Waals surface area contributed by atoms with E-state index in [1.807, 2.05) is 0 Å². The second kappa shape index (κ2) is 6.21. The summed E-state index contributed by atoms with van der Waals surface area (Å²) in [7, 11) is 0. The number of aliphatic imine (C=N–C) groups is 2. The van der Waals surface area contributed by atoms with Gasteiger partial charge < -0.3 is 4.74 Å². The molecule has 100 valence electrons. The maximum atomic E-state index is 11.7. The van der Waals surface area contributed by atoms with E-state index in [1.54, 1.807) is 38.1 Å².